The summed E-state index contributed by atoms with van der Waals surface area (Å²) in [6.45, 7) is 12.2. The second kappa shape index (κ2) is 8.13. The fourth-order valence-corrected chi connectivity index (χ4v) is 3.45. The number of nitrogens with zero attached hydrogens (tertiary/aromatic N) is 1. The van der Waals surface area contributed by atoms with Gasteiger partial charge in [-0.25, -0.2) is 4.79 Å². The molecule has 118 valence electrons. The number of carbonyl (C=O) groups excluding carboxylic acids is 1. The van der Waals surface area contributed by atoms with Crippen molar-refractivity contribution in [3.8, 4) is 0 Å². The summed E-state index contributed by atoms with van der Waals surface area (Å²) in [5.41, 5.74) is -0.424. The van der Waals surface area contributed by atoms with Gasteiger partial charge in [-0.3, -0.25) is 0 Å². The standard InChI is InChI=1S/C15H30N2O2S/c1-6-17(14(18)19-15(3,4)5)10-9-16-13-8-7-11-20-12(13)2/h12-13,16H,6-11H2,1-5H3. The summed E-state index contributed by atoms with van der Waals surface area (Å²) in [4.78, 5) is 13.8. The van der Waals surface area contributed by atoms with E-state index in [0.717, 1.165) is 6.54 Å². The van der Waals surface area contributed by atoms with E-state index in [-0.39, 0.29) is 6.09 Å². The van der Waals surface area contributed by atoms with Gasteiger partial charge in [0.05, 0.1) is 0 Å². The van der Waals surface area contributed by atoms with Crippen LogP contribution in [0.4, 0.5) is 4.79 Å². The van der Waals surface area contributed by atoms with Crippen molar-refractivity contribution in [2.24, 2.45) is 0 Å². The molecule has 2 unspecified atom stereocenters. The quantitative estimate of drug-likeness (QED) is 0.847. The van der Waals surface area contributed by atoms with E-state index in [2.05, 4.69) is 12.2 Å². The molecular formula is C15H30N2O2S. The predicted octanol–water partition coefficient (Wildman–Crippen LogP) is 3.12. The van der Waals surface area contributed by atoms with Gasteiger partial charge in [-0.15, -0.1) is 0 Å². The van der Waals surface area contributed by atoms with E-state index < -0.39 is 5.60 Å². The fraction of sp³-hybridized carbons (Fsp3) is 0.933. The van der Waals surface area contributed by atoms with Crippen LogP contribution in [0.25, 0.3) is 0 Å². The zero-order chi connectivity index (χ0) is 15.2. The third-order valence-electron chi connectivity index (χ3n) is 3.43. The molecule has 0 aromatic heterocycles. The molecule has 1 saturated heterocycles. The third-order valence-corrected chi connectivity index (χ3v) is 4.81. The molecule has 0 bridgehead atoms. The van der Waals surface area contributed by atoms with Crippen LogP contribution < -0.4 is 5.32 Å². The molecule has 1 aliphatic rings. The average molecular weight is 302 g/mol. The molecule has 1 rings (SSSR count). The summed E-state index contributed by atoms with van der Waals surface area (Å²) in [5.74, 6) is 1.28. The second-order valence-electron chi connectivity index (χ2n) is 6.34. The fourth-order valence-electron chi connectivity index (χ4n) is 2.28. The van der Waals surface area contributed by atoms with Crippen molar-refractivity contribution in [1.82, 2.24) is 10.2 Å². The Labute approximate surface area is 128 Å². The number of likely N-dealkylation sites (N-methyl/N-ethyl adjacent to an activating group) is 1. The zero-order valence-corrected chi connectivity index (χ0v) is 14.4. The second-order valence-corrected chi connectivity index (χ2v) is 7.82. The number of ether oxygens (including phenoxy) is 1. The van der Waals surface area contributed by atoms with Gasteiger partial charge in [-0.1, -0.05) is 6.92 Å². The van der Waals surface area contributed by atoms with Crippen molar-refractivity contribution in [3.05, 3.63) is 0 Å². The van der Waals surface area contributed by atoms with Gasteiger partial charge >= 0.3 is 6.09 Å². The highest BCUT2D eigenvalue weighted by Gasteiger charge is 2.23. The van der Waals surface area contributed by atoms with E-state index in [1.54, 1.807) is 4.90 Å². The summed E-state index contributed by atoms with van der Waals surface area (Å²) in [6.07, 6.45) is 2.32. The van der Waals surface area contributed by atoms with Crippen LogP contribution in [0.3, 0.4) is 0 Å². The van der Waals surface area contributed by atoms with Crippen LogP contribution in [0.15, 0.2) is 0 Å². The Morgan fingerprint density at radius 1 is 1.45 bits per heavy atom. The topological polar surface area (TPSA) is 41.6 Å². The van der Waals surface area contributed by atoms with Crippen LogP contribution in [0.2, 0.25) is 0 Å². The number of hydrogen-bond donors (Lipinski definition) is 1. The van der Waals surface area contributed by atoms with E-state index in [1.165, 1.54) is 18.6 Å². The zero-order valence-electron chi connectivity index (χ0n) is 13.6. The molecule has 1 fully saturated rings. The average Bonchev–Trinajstić information content (AvgIpc) is 2.34. The monoisotopic (exact) mass is 302 g/mol. The van der Waals surface area contributed by atoms with Crippen molar-refractivity contribution >= 4 is 17.9 Å². The van der Waals surface area contributed by atoms with Crippen LogP contribution in [-0.4, -0.2) is 53.3 Å². The van der Waals surface area contributed by atoms with E-state index in [9.17, 15) is 4.79 Å². The largest absolute Gasteiger partial charge is 0.444 e. The Morgan fingerprint density at radius 2 is 2.15 bits per heavy atom. The first-order valence-electron chi connectivity index (χ1n) is 7.66. The number of rotatable bonds is 5. The lowest BCUT2D eigenvalue weighted by molar-refractivity contribution is 0.0261. The third kappa shape index (κ3) is 6.35. The van der Waals surface area contributed by atoms with Gasteiger partial charge in [0.2, 0.25) is 0 Å². The van der Waals surface area contributed by atoms with Gasteiger partial charge in [0.1, 0.15) is 5.60 Å². The number of hydrogen-bond acceptors (Lipinski definition) is 4. The van der Waals surface area contributed by atoms with Crippen molar-refractivity contribution < 1.29 is 9.53 Å². The van der Waals surface area contributed by atoms with E-state index >= 15 is 0 Å². The molecule has 1 heterocycles. The molecule has 0 aliphatic carbocycles. The van der Waals surface area contributed by atoms with E-state index in [4.69, 9.17) is 4.74 Å². The molecule has 0 aromatic rings. The Hall–Kier alpha value is -0.420. The Morgan fingerprint density at radius 3 is 2.70 bits per heavy atom. The molecular weight excluding hydrogens is 272 g/mol. The molecule has 5 heteroatoms. The first kappa shape index (κ1) is 17.6. The molecule has 0 radical (unpaired) electrons. The molecule has 1 aliphatic heterocycles. The molecule has 1 amide bonds. The van der Waals surface area contributed by atoms with Crippen LogP contribution in [-0.2, 0) is 4.74 Å². The lowest BCUT2D eigenvalue weighted by atomic mass is 10.1. The maximum atomic E-state index is 12.0. The Balaban J connectivity index is 2.32. The van der Waals surface area contributed by atoms with Crippen LogP contribution in [0.1, 0.15) is 47.5 Å². The minimum absolute atomic E-state index is 0.215. The van der Waals surface area contributed by atoms with Gasteiger partial charge in [0, 0.05) is 30.9 Å². The van der Waals surface area contributed by atoms with Crippen molar-refractivity contribution in [3.63, 3.8) is 0 Å². The van der Waals surface area contributed by atoms with Crippen LogP contribution in [0.5, 0.6) is 0 Å². The molecule has 0 aromatic carbocycles. The van der Waals surface area contributed by atoms with Crippen molar-refractivity contribution in [2.45, 2.75) is 64.4 Å². The van der Waals surface area contributed by atoms with Crippen molar-refractivity contribution in [2.75, 3.05) is 25.4 Å². The minimum atomic E-state index is -0.424. The summed E-state index contributed by atoms with van der Waals surface area (Å²) < 4.78 is 5.41. The molecule has 20 heavy (non-hydrogen) atoms. The van der Waals surface area contributed by atoms with Crippen LogP contribution in [0, 0.1) is 0 Å². The highest BCUT2D eigenvalue weighted by molar-refractivity contribution is 7.99. The Kier molecular flexibility index (Phi) is 7.17. The normalized spacial score (nSPS) is 23.4. The van der Waals surface area contributed by atoms with Gasteiger partial charge in [-0.2, -0.15) is 11.8 Å². The smallest absolute Gasteiger partial charge is 0.410 e. The SMILES string of the molecule is CCN(CCNC1CCCSC1C)C(=O)OC(C)(C)C. The first-order chi connectivity index (χ1) is 9.33. The lowest BCUT2D eigenvalue weighted by Gasteiger charge is -2.31. The first-order valence-corrected chi connectivity index (χ1v) is 8.71. The van der Waals surface area contributed by atoms with Crippen LogP contribution >= 0.6 is 11.8 Å². The molecule has 0 saturated carbocycles. The summed E-state index contributed by atoms with van der Waals surface area (Å²) in [7, 11) is 0. The molecule has 2 atom stereocenters. The number of nitrogens with one attached hydrogen (secondary N) is 1. The maximum absolute atomic E-state index is 12.0. The van der Waals surface area contributed by atoms with E-state index in [1.807, 2.05) is 39.5 Å². The molecule has 1 N–H and O–H groups in total. The summed E-state index contributed by atoms with van der Waals surface area (Å²) >= 11 is 2.04. The van der Waals surface area contributed by atoms with Crippen molar-refractivity contribution in [1.29, 1.82) is 0 Å². The molecule has 4 nitrogen and oxygen atoms in total. The van der Waals surface area contributed by atoms with E-state index in [0.29, 0.717) is 24.4 Å². The lowest BCUT2D eigenvalue weighted by Crippen LogP contribution is -2.45. The summed E-state index contributed by atoms with van der Waals surface area (Å²) in [6, 6.07) is 0.575. The summed E-state index contributed by atoms with van der Waals surface area (Å²) in [5, 5.41) is 4.25. The Bertz CT molecular complexity index is 305. The van der Waals surface area contributed by atoms with Gasteiger partial charge in [0.15, 0.2) is 0 Å². The van der Waals surface area contributed by atoms with Gasteiger partial charge < -0.3 is 15.0 Å². The number of thioether (sulfide) groups is 1. The highest BCUT2D eigenvalue weighted by atomic mass is 32.2. The number of amides is 1. The molecule has 0 spiro atoms. The minimum Gasteiger partial charge on any atom is -0.444 e. The predicted molar refractivity (Wildman–Crippen MR) is 86.4 cm³/mol. The van der Waals surface area contributed by atoms with Gasteiger partial charge in [-0.05, 0) is 46.3 Å². The number of carbonyl (C=O) groups is 1. The maximum Gasteiger partial charge on any atom is 0.410 e. The van der Waals surface area contributed by atoms with Gasteiger partial charge in [0.25, 0.3) is 0 Å². The highest BCUT2D eigenvalue weighted by Crippen LogP contribution is 2.24.